The first-order valence-corrected chi connectivity index (χ1v) is 10.4. The fraction of sp³-hybridized carbons (Fsp3) is 0.857. The van der Waals surface area contributed by atoms with Crippen LogP contribution >= 0.6 is 0 Å². The SMILES string of the molecule is CC.CC(=O)O.CNCCCNC(=O)CN(C)C(=O)CC(C)(C)OCCC(C)C. The molecule has 0 aliphatic heterocycles. The highest BCUT2D eigenvalue weighted by atomic mass is 16.5. The van der Waals surface area contributed by atoms with Crippen molar-refractivity contribution in [3.63, 3.8) is 0 Å². The van der Waals surface area contributed by atoms with Gasteiger partial charge in [0.2, 0.25) is 11.8 Å². The van der Waals surface area contributed by atoms with Crippen molar-refractivity contribution in [2.75, 3.05) is 40.3 Å². The van der Waals surface area contributed by atoms with Crippen LogP contribution in [0.25, 0.3) is 0 Å². The molecule has 8 heteroatoms. The molecule has 29 heavy (non-hydrogen) atoms. The number of likely N-dealkylation sites (N-methyl/N-ethyl adjacent to an activating group) is 1. The lowest BCUT2D eigenvalue weighted by Crippen LogP contribution is -2.42. The lowest BCUT2D eigenvalue weighted by Gasteiger charge is -2.27. The zero-order chi connectivity index (χ0) is 23.5. The van der Waals surface area contributed by atoms with E-state index in [0.29, 0.717) is 19.1 Å². The number of carbonyl (C=O) groups excluding carboxylic acids is 2. The molecule has 0 aliphatic rings. The van der Waals surface area contributed by atoms with Crippen molar-refractivity contribution in [1.82, 2.24) is 15.5 Å². The first-order valence-electron chi connectivity index (χ1n) is 10.4. The van der Waals surface area contributed by atoms with Crippen molar-refractivity contribution in [2.45, 2.75) is 73.3 Å². The fourth-order valence-electron chi connectivity index (χ4n) is 1.97. The Morgan fingerprint density at radius 2 is 1.66 bits per heavy atom. The van der Waals surface area contributed by atoms with E-state index in [1.165, 1.54) is 4.90 Å². The Kier molecular flexibility index (Phi) is 21.7. The number of aliphatic carboxylic acids is 1. The van der Waals surface area contributed by atoms with Gasteiger partial charge in [-0.15, -0.1) is 0 Å². The Labute approximate surface area is 177 Å². The summed E-state index contributed by atoms with van der Waals surface area (Å²) in [6.07, 6.45) is 2.12. The largest absolute Gasteiger partial charge is 0.481 e. The molecular weight excluding hydrogens is 374 g/mol. The number of nitrogens with zero attached hydrogens (tertiary/aromatic N) is 1. The van der Waals surface area contributed by atoms with Crippen LogP contribution in [0.1, 0.15) is 67.7 Å². The fourth-order valence-corrected chi connectivity index (χ4v) is 1.97. The van der Waals surface area contributed by atoms with Gasteiger partial charge < -0.3 is 25.4 Å². The van der Waals surface area contributed by atoms with Crippen LogP contribution in [0, 0.1) is 5.92 Å². The van der Waals surface area contributed by atoms with Gasteiger partial charge in [0.05, 0.1) is 18.6 Å². The van der Waals surface area contributed by atoms with Crippen LogP contribution in [0.15, 0.2) is 0 Å². The van der Waals surface area contributed by atoms with Crippen molar-refractivity contribution in [1.29, 1.82) is 0 Å². The predicted octanol–water partition coefficient (Wildman–Crippen LogP) is 2.52. The molecule has 0 aliphatic carbocycles. The second kappa shape index (κ2) is 19.6. The molecule has 0 aromatic rings. The molecule has 0 aromatic carbocycles. The molecule has 3 N–H and O–H groups in total. The predicted molar refractivity (Wildman–Crippen MR) is 118 cm³/mol. The number of rotatable bonds is 12. The average molecular weight is 420 g/mol. The van der Waals surface area contributed by atoms with E-state index in [1.807, 2.05) is 34.7 Å². The third kappa shape index (κ3) is 26.3. The molecule has 0 unspecified atom stereocenters. The minimum Gasteiger partial charge on any atom is -0.481 e. The second-order valence-electron chi connectivity index (χ2n) is 7.54. The lowest BCUT2D eigenvalue weighted by atomic mass is 10.0. The average Bonchev–Trinajstić information content (AvgIpc) is 2.59. The first kappa shape index (κ1) is 32.0. The third-order valence-electron chi connectivity index (χ3n) is 3.50. The summed E-state index contributed by atoms with van der Waals surface area (Å²) in [6, 6.07) is 0. The minimum atomic E-state index is -0.833. The quantitative estimate of drug-likeness (QED) is 0.420. The molecular formula is C21H45N3O5. The van der Waals surface area contributed by atoms with Crippen molar-refractivity contribution in [3.8, 4) is 0 Å². The van der Waals surface area contributed by atoms with Gasteiger partial charge in [0.25, 0.3) is 5.97 Å². The molecule has 174 valence electrons. The van der Waals surface area contributed by atoms with Crippen molar-refractivity contribution in [3.05, 3.63) is 0 Å². The zero-order valence-electron chi connectivity index (χ0n) is 20.1. The van der Waals surface area contributed by atoms with Crippen molar-refractivity contribution >= 4 is 17.8 Å². The van der Waals surface area contributed by atoms with E-state index < -0.39 is 11.6 Å². The first-order chi connectivity index (χ1) is 13.4. The van der Waals surface area contributed by atoms with E-state index in [4.69, 9.17) is 14.6 Å². The maximum atomic E-state index is 12.2. The van der Waals surface area contributed by atoms with E-state index >= 15 is 0 Å². The summed E-state index contributed by atoms with van der Waals surface area (Å²) in [5, 5.41) is 13.2. The molecule has 0 bridgehead atoms. The monoisotopic (exact) mass is 419 g/mol. The van der Waals surface area contributed by atoms with E-state index in [9.17, 15) is 9.59 Å². The molecule has 0 rings (SSSR count). The highest BCUT2D eigenvalue weighted by molar-refractivity contribution is 5.84. The summed E-state index contributed by atoms with van der Waals surface area (Å²) in [5.41, 5.74) is -0.510. The molecule has 0 fully saturated rings. The Morgan fingerprint density at radius 3 is 2.10 bits per heavy atom. The second-order valence-corrected chi connectivity index (χ2v) is 7.54. The Morgan fingerprint density at radius 1 is 1.14 bits per heavy atom. The molecule has 0 saturated carbocycles. The van der Waals surface area contributed by atoms with Crippen LogP contribution in [0.2, 0.25) is 0 Å². The molecule has 0 spiro atoms. The smallest absolute Gasteiger partial charge is 0.300 e. The maximum absolute atomic E-state index is 12.2. The molecule has 0 heterocycles. The van der Waals surface area contributed by atoms with Crippen LogP contribution in [-0.4, -0.2) is 73.7 Å². The summed E-state index contributed by atoms with van der Waals surface area (Å²) in [4.78, 5) is 34.5. The molecule has 8 nitrogen and oxygen atoms in total. The number of carbonyl (C=O) groups is 3. The van der Waals surface area contributed by atoms with Gasteiger partial charge in [-0.1, -0.05) is 27.7 Å². The molecule has 0 aromatic heterocycles. The number of hydrogen-bond acceptors (Lipinski definition) is 5. The number of carboxylic acid groups (broad SMARTS) is 1. The Balaban J connectivity index is -0.000000994. The van der Waals surface area contributed by atoms with Crippen molar-refractivity contribution < 1.29 is 24.2 Å². The number of hydrogen-bond donors (Lipinski definition) is 3. The number of amides is 2. The standard InChI is InChI=1S/C17H35N3O3.C2H4O2.C2H6/c1-14(2)8-11-23-17(3,4)12-16(22)20(6)13-15(21)19-10-7-9-18-5;1-2(3)4;1-2/h14,18H,7-13H2,1-6H3,(H,19,21);1H3,(H,3,4);1-2H3. The number of ether oxygens (including phenoxy) is 1. The van der Waals surface area contributed by atoms with E-state index in [1.54, 1.807) is 7.05 Å². The molecule has 0 atom stereocenters. The van der Waals surface area contributed by atoms with Gasteiger partial charge in [0.15, 0.2) is 0 Å². The zero-order valence-corrected chi connectivity index (χ0v) is 20.1. The number of nitrogens with one attached hydrogen (secondary N) is 2. The van der Waals surface area contributed by atoms with Gasteiger partial charge in [-0.3, -0.25) is 14.4 Å². The Bertz CT molecular complexity index is 436. The highest BCUT2D eigenvalue weighted by Gasteiger charge is 2.25. The van der Waals surface area contributed by atoms with Crippen LogP contribution in [0.4, 0.5) is 0 Å². The van der Waals surface area contributed by atoms with Crippen molar-refractivity contribution in [2.24, 2.45) is 5.92 Å². The maximum Gasteiger partial charge on any atom is 0.300 e. The topological polar surface area (TPSA) is 108 Å². The lowest BCUT2D eigenvalue weighted by molar-refractivity contribution is -0.140. The normalized spacial score (nSPS) is 10.3. The van der Waals surface area contributed by atoms with Gasteiger partial charge in [-0.2, -0.15) is 0 Å². The summed E-state index contributed by atoms with van der Waals surface area (Å²) < 4.78 is 5.80. The molecule has 0 radical (unpaired) electrons. The van der Waals surface area contributed by atoms with Gasteiger partial charge in [0.1, 0.15) is 0 Å². The van der Waals surface area contributed by atoms with Gasteiger partial charge in [-0.05, 0) is 46.2 Å². The summed E-state index contributed by atoms with van der Waals surface area (Å²) >= 11 is 0. The van der Waals surface area contributed by atoms with E-state index in [2.05, 4.69) is 24.5 Å². The summed E-state index contributed by atoms with van der Waals surface area (Å²) in [7, 11) is 3.53. The Hall–Kier alpha value is -1.67. The molecule has 0 saturated heterocycles. The van der Waals surface area contributed by atoms with Crippen LogP contribution in [0.5, 0.6) is 0 Å². The molecule has 2 amide bonds. The minimum absolute atomic E-state index is 0.0788. The van der Waals surface area contributed by atoms with Crippen LogP contribution in [0.3, 0.4) is 0 Å². The summed E-state index contributed by atoms with van der Waals surface area (Å²) in [5.74, 6) is -0.462. The van der Waals surface area contributed by atoms with Gasteiger partial charge in [0, 0.05) is 27.1 Å². The van der Waals surface area contributed by atoms with Gasteiger partial charge >= 0.3 is 0 Å². The number of carboxylic acids is 1. The van der Waals surface area contributed by atoms with E-state index in [0.717, 1.165) is 26.3 Å². The summed E-state index contributed by atoms with van der Waals surface area (Å²) in [6.45, 7) is 15.4. The van der Waals surface area contributed by atoms with E-state index in [-0.39, 0.29) is 24.8 Å². The highest BCUT2D eigenvalue weighted by Crippen LogP contribution is 2.17. The third-order valence-corrected chi connectivity index (χ3v) is 3.50. The van der Waals surface area contributed by atoms with Gasteiger partial charge in [-0.25, -0.2) is 0 Å². The van der Waals surface area contributed by atoms with Crippen LogP contribution < -0.4 is 10.6 Å². The van der Waals surface area contributed by atoms with Crippen LogP contribution in [-0.2, 0) is 19.1 Å².